The number of carbonyl (C=O) groups excluding carboxylic acids is 2. The maximum Gasteiger partial charge on any atom is 0.264 e. The quantitative estimate of drug-likeness (QED) is 0.342. The molecule has 3 rings (SSSR count). The maximum absolute atomic E-state index is 14.0. The van der Waals surface area contributed by atoms with Gasteiger partial charge in [0, 0.05) is 24.7 Å². The van der Waals surface area contributed by atoms with Crippen LogP contribution in [0.4, 0.5) is 5.69 Å². The summed E-state index contributed by atoms with van der Waals surface area (Å²) in [6.45, 7) is 1.05. The molecule has 0 bridgehead atoms. The highest BCUT2D eigenvalue weighted by molar-refractivity contribution is 7.92. The Kier molecular flexibility index (Phi) is 10.2. The van der Waals surface area contributed by atoms with Crippen LogP contribution < -0.4 is 23.8 Å². The molecule has 0 aliphatic carbocycles. The Morgan fingerprint density at radius 3 is 2.08 bits per heavy atom. The van der Waals surface area contributed by atoms with E-state index >= 15 is 0 Å². The van der Waals surface area contributed by atoms with Crippen molar-refractivity contribution in [3.63, 3.8) is 0 Å². The van der Waals surface area contributed by atoms with Gasteiger partial charge in [0.2, 0.25) is 11.8 Å². The van der Waals surface area contributed by atoms with Crippen LogP contribution in [0.5, 0.6) is 17.2 Å². The normalized spacial score (nSPS) is 11.8. The average molecular weight is 590 g/mol. The Hall–Kier alpha value is -3.96. The second kappa shape index (κ2) is 13.4. The fourth-order valence-electron chi connectivity index (χ4n) is 3.96. The zero-order valence-electron chi connectivity index (χ0n) is 22.9. The minimum absolute atomic E-state index is 0.0578. The Bertz CT molecular complexity index is 1430. The van der Waals surface area contributed by atoms with E-state index in [0.717, 1.165) is 9.87 Å². The number of hydrogen-bond acceptors (Lipinski definition) is 7. The number of benzene rings is 3. The third-order valence-electron chi connectivity index (χ3n) is 6.26. The van der Waals surface area contributed by atoms with Gasteiger partial charge in [0.15, 0.2) is 11.5 Å². The molecule has 1 atom stereocenters. The van der Waals surface area contributed by atoms with Gasteiger partial charge in [-0.25, -0.2) is 8.42 Å². The van der Waals surface area contributed by atoms with Gasteiger partial charge >= 0.3 is 0 Å². The number of nitrogens with zero attached hydrogens (tertiary/aromatic N) is 2. The molecule has 0 aliphatic heterocycles. The lowest BCUT2D eigenvalue weighted by Gasteiger charge is -2.32. The highest BCUT2D eigenvalue weighted by atomic mass is 35.5. The fourth-order valence-corrected chi connectivity index (χ4v) is 5.52. The Morgan fingerprint density at radius 2 is 1.52 bits per heavy atom. The molecule has 10 nitrogen and oxygen atoms in total. The van der Waals surface area contributed by atoms with Gasteiger partial charge in [-0.15, -0.1) is 0 Å². The van der Waals surface area contributed by atoms with Crippen LogP contribution in [0.2, 0.25) is 5.02 Å². The Labute approximate surface area is 239 Å². The molecule has 214 valence electrons. The second-order valence-electron chi connectivity index (χ2n) is 8.66. The first kappa shape index (κ1) is 30.6. The van der Waals surface area contributed by atoms with Crippen LogP contribution >= 0.6 is 11.6 Å². The maximum atomic E-state index is 14.0. The summed E-state index contributed by atoms with van der Waals surface area (Å²) in [7, 11) is 1.55. The zero-order valence-corrected chi connectivity index (χ0v) is 24.5. The van der Waals surface area contributed by atoms with Crippen molar-refractivity contribution in [1.82, 2.24) is 10.2 Å². The van der Waals surface area contributed by atoms with Crippen molar-refractivity contribution in [3.8, 4) is 17.2 Å². The Balaban J connectivity index is 2.05. The van der Waals surface area contributed by atoms with E-state index in [1.807, 2.05) is 0 Å². The molecule has 0 fully saturated rings. The summed E-state index contributed by atoms with van der Waals surface area (Å²) in [5, 5.41) is 2.95. The van der Waals surface area contributed by atoms with Gasteiger partial charge in [-0.1, -0.05) is 23.7 Å². The minimum atomic E-state index is -4.30. The fraction of sp³-hybridized carbons (Fsp3) is 0.286. The van der Waals surface area contributed by atoms with E-state index < -0.39 is 34.4 Å². The van der Waals surface area contributed by atoms with E-state index in [1.165, 1.54) is 68.6 Å². The third-order valence-corrected chi connectivity index (χ3v) is 8.28. The van der Waals surface area contributed by atoms with Gasteiger partial charge in [-0.3, -0.25) is 13.9 Å². The van der Waals surface area contributed by atoms with Gasteiger partial charge in [0.1, 0.15) is 18.3 Å². The van der Waals surface area contributed by atoms with Crippen molar-refractivity contribution in [2.45, 2.75) is 24.4 Å². The predicted molar refractivity (Wildman–Crippen MR) is 153 cm³/mol. The molecule has 12 heteroatoms. The molecule has 0 aromatic heterocycles. The highest BCUT2D eigenvalue weighted by Gasteiger charge is 2.33. The van der Waals surface area contributed by atoms with Crippen LogP contribution in [0.1, 0.15) is 12.5 Å². The summed E-state index contributed by atoms with van der Waals surface area (Å²) in [4.78, 5) is 27.6. The summed E-state index contributed by atoms with van der Waals surface area (Å²) in [6, 6.07) is 16.4. The van der Waals surface area contributed by atoms with E-state index in [9.17, 15) is 18.0 Å². The van der Waals surface area contributed by atoms with Crippen LogP contribution in [0, 0.1) is 0 Å². The zero-order chi connectivity index (χ0) is 29.4. The summed E-state index contributed by atoms with van der Waals surface area (Å²) in [6.07, 6.45) is 0. The van der Waals surface area contributed by atoms with Gasteiger partial charge in [-0.2, -0.15) is 0 Å². The number of carbonyl (C=O) groups is 2. The van der Waals surface area contributed by atoms with Crippen molar-refractivity contribution in [2.75, 3.05) is 39.2 Å². The number of anilines is 1. The lowest BCUT2D eigenvalue weighted by molar-refractivity contribution is -0.139. The standard InChI is InChI=1S/C28H32ClN3O7S/c1-19(28(34)30-2)31(17-20-6-12-23(37-3)13-7-20)27(33)18-32(22-10-8-21(29)9-11-22)40(35,36)24-14-15-25(38-4)26(16-24)39-5/h6-16,19H,17-18H2,1-5H3,(H,30,34)/t19-/m1/s1. The van der Waals surface area contributed by atoms with E-state index in [0.29, 0.717) is 16.5 Å². The first-order chi connectivity index (χ1) is 19.0. The number of rotatable bonds is 12. The molecule has 0 radical (unpaired) electrons. The smallest absolute Gasteiger partial charge is 0.264 e. The van der Waals surface area contributed by atoms with Gasteiger partial charge in [0.05, 0.1) is 31.9 Å². The van der Waals surface area contributed by atoms with Crippen molar-refractivity contribution >= 4 is 39.1 Å². The molecular formula is C28H32ClN3O7S. The molecule has 40 heavy (non-hydrogen) atoms. The van der Waals surface area contributed by atoms with Crippen LogP contribution in [-0.4, -0.2) is 66.1 Å². The van der Waals surface area contributed by atoms with E-state index in [1.54, 1.807) is 38.3 Å². The first-order valence-corrected chi connectivity index (χ1v) is 14.0. The molecule has 0 spiro atoms. The first-order valence-electron chi connectivity index (χ1n) is 12.2. The van der Waals surface area contributed by atoms with E-state index in [-0.39, 0.29) is 22.9 Å². The lowest BCUT2D eigenvalue weighted by Crippen LogP contribution is -2.50. The van der Waals surface area contributed by atoms with E-state index in [2.05, 4.69) is 5.32 Å². The number of ether oxygens (including phenoxy) is 3. The van der Waals surface area contributed by atoms with Crippen molar-refractivity contribution in [3.05, 3.63) is 77.3 Å². The SMILES string of the molecule is CNC(=O)[C@@H](C)N(Cc1ccc(OC)cc1)C(=O)CN(c1ccc(Cl)cc1)S(=O)(=O)c1ccc(OC)c(OC)c1. The van der Waals surface area contributed by atoms with Crippen molar-refractivity contribution < 1.29 is 32.2 Å². The molecule has 3 aromatic carbocycles. The number of hydrogen-bond donors (Lipinski definition) is 1. The average Bonchev–Trinajstić information content (AvgIpc) is 2.98. The Morgan fingerprint density at radius 1 is 0.900 bits per heavy atom. The number of nitrogens with one attached hydrogen (secondary N) is 1. The number of sulfonamides is 1. The number of amides is 2. The molecule has 0 saturated heterocycles. The molecular weight excluding hydrogens is 558 g/mol. The molecule has 0 heterocycles. The van der Waals surface area contributed by atoms with Gasteiger partial charge in [0.25, 0.3) is 10.0 Å². The molecule has 0 saturated carbocycles. The van der Waals surface area contributed by atoms with Crippen LogP contribution in [0.25, 0.3) is 0 Å². The summed E-state index contributed by atoms with van der Waals surface area (Å²) in [5.74, 6) is 0.199. The number of likely N-dealkylation sites (N-methyl/N-ethyl adjacent to an activating group) is 1. The van der Waals surface area contributed by atoms with Crippen LogP contribution in [0.15, 0.2) is 71.6 Å². The largest absolute Gasteiger partial charge is 0.497 e. The summed E-state index contributed by atoms with van der Waals surface area (Å²) in [5.41, 5.74) is 0.940. The summed E-state index contributed by atoms with van der Waals surface area (Å²) >= 11 is 6.05. The van der Waals surface area contributed by atoms with Crippen LogP contribution in [-0.2, 0) is 26.2 Å². The van der Waals surface area contributed by atoms with Crippen molar-refractivity contribution in [1.29, 1.82) is 0 Å². The van der Waals surface area contributed by atoms with Crippen molar-refractivity contribution in [2.24, 2.45) is 0 Å². The molecule has 0 unspecified atom stereocenters. The molecule has 1 N–H and O–H groups in total. The van der Waals surface area contributed by atoms with Gasteiger partial charge < -0.3 is 24.4 Å². The monoisotopic (exact) mass is 589 g/mol. The van der Waals surface area contributed by atoms with Crippen LogP contribution in [0.3, 0.4) is 0 Å². The summed E-state index contributed by atoms with van der Waals surface area (Å²) < 4.78 is 44.6. The molecule has 3 aromatic rings. The van der Waals surface area contributed by atoms with Gasteiger partial charge in [-0.05, 0) is 61.0 Å². The third kappa shape index (κ3) is 6.97. The topological polar surface area (TPSA) is 114 Å². The molecule has 0 aliphatic rings. The lowest BCUT2D eigenvalue weighted by atomic mass is 10.1. The number of halogens is 1. The second-order valence-corrected chi connectivity index (χ2v) is 11.0. The highest BCUT2D eigenvalue weighted by Crippen LogP contribution is 2.32. The predicted octanol–water partition coefficient (Wildman–Crippen LogP) is 3.72. The van der Waals surface area contributed by atoms with E-state index in [4.69, 9.17) is 25.8 Å². The number of methoxy groups -OCH3 is 3. The molecule has 2 amide bonds. The minimum Gasteiger partial charge on any atom is -0.497 e.